The zero-order valence-corrected chi connectivity index (χ0v) is 9.72. The van der Waals surface area contributed by atoms with E-state index in [1.54, 1.807) is 24.3 Å². The lowest BCUT2D eigenvalue weighted by atomic mass is 10.0. The van der Waals surface area contributed by atoms with Crippen LogP contribution in [0.3, 0.4) is 0 Å². The van der Waals surface area contributed by atoms with Crippen LogP contribution >= 0.6 is 11.3 Å². The van der Waals surface area contributed by atoms with E-state index in [1.807, 2.05) is 23.6 Å². The molecule has 0 aliphatic heterocycles. The van der Waals surface area contributed by atoms with Gasteiger partial charge in [-0.15, -0.1) is 11.3 Å². The summed E-state index contributed by atoms with van der Waals surface area (Å²) in [4.78, 5) is 1.12. The number of hydrogen-bond acceptors (Lipinski definition) is 3. The summed E-state index contributed by atoms with van der Waals surface area (Å²) in [5, 5.41) is 2.00. The van der Waals surface area contributed by atoms with Crippen LogP contribution in [0.4, 0.5) is 4.39 Å². The van der Waals surface area contributed by atoms with E-state index in [1.165, 1.54) is 6.07 Å². The molecular formula is C12H13FN2S. The summed E-state index contributed by atoms with van der Waals surface area (Å²) in [6.45, 7) is 1.75. The lowest BCUT2D eigenvalue weighted by molar-refractivity contribution is 0.610. The monoisotopic (exact) mass is 236 g/mol. The van der Waals surface area contributed by atoms with Crippen LogP contribution in [0.2, 0.25) is 0 Å². The van der Waals surface area contributed by atoms with Crippen molar-refractivity contribution in [1.82, 2.24) is 5.43 Å². The molecule has 0 saturated carbocycles. The molecule has 0 amide bonds. The molecule has 3 N–H and O–H groups in total. The maximum absolute atomic E-state index is 13.2. The topological polar surface area (TPSA) is 38.0 Å². The van der Waals surface area contributed by atoms with E-state index in [9.17, 15) is 4.39 Å². The van der Waals surface area contributed by atoms with Crippen LogP contribution in [0.25, 0.3) is 0 Å². The van der Waals surface area contributed by atoms with Gasteiger partial charge < -0.3 is 0 Å². The van der Waals surface area contributed by atoms with Gasteiger partial charge in [-0.05, 0) is 35.6 Å². The summed E-state index contributed by atoms with van der Waals surface area (Å²) < 4.78 is 13.2. The number of aryl methyl sites for hydroxylation is 1. The first-order valence-electron chi connectivity index (χ1n) is 4.98. The molecule has 16 heavy (non-hydrogen) atoms. The summed E-state index contributed by atoms with van der Waals surface area (Å²) >= 11 is 1.62. The van der Waals surface area contributed by atoms with Crippen LogP contribution in [-0.4, -0.2) is 0 Å². The standard InChI is InChI=1S/C12H13FN2S/c1-8-7-9(4-5-10(8)13)12(15-14)11-3-2-6-16-11/h2-7,12,15H,14H2,1H3. The minimum atomic E-state index is -0.189. The Morgan fingerprint density at radius 2 is 2.19 bits per heavy atom. The van der Waals surface area contributed by atoms with Crippen molar-refractivity contribution in [1.29, 1.82) is 0 Å². The van der Waals surface area contributed by atoms with Crippen molar-refractivity contribution >= 4 is 11.3 Å². The van der Waals surface area contributed by atoms with Gasteiger partial charge in [0.25, 0.3) is 0 Å². The molecule has 0 radical (unpaired) electrons. The highest BCUT2D eigenvalue weighted by Gasteiger charge is 2.14. The predicted molar refractivity (Wildman–Crippen MR) is 64.6 cm³/mol. The minimum absolute atomic E-state index is 0.0701. The van der Waals surface area contributed by atoms with Gasteiger partial charge in [-0.25, -0.2) is 9.82 Å². The molecule has 2 aromatic rings. The number of nitrogens with two attached hydrogens (primary N) is 1. The Bertz CT molecular complexity index is 468. The quantitative estimate of drug-likeness (QED) is 0.635. The molecule has 1 aromatic carbocycles. The van der Waals surface area contributed by atoms with E-state index in [2.05, 4.69) is 5.43 Å². The minimum Gasteiger partial charge on any atom is -0.271 e. The van der Waals surface area contributed by atoms with Gasteiger partial charge in [0.15, 0.2) is 0 Å². The fraction of sp³-hybridized carbons (Fsp3) is 0.167. The Balaban J connectivity index is 2.37. The Hall–Kier alpha value is -1.23. The lowest BCUT2D eigenvalue weighted by Gasteiger charge is -2.15. The third-order valence-electron chi connectivity index (χ3n) is 2.51. The maximum Gasteiger partial charge on any atom is 0.126 e. The summed E-state index contributed by atoms with van der Waals surface area (Å²) in [5.41, 5.74) is 4.36. The largest absolute Gasteiger partial charge is 0.271 e. The van der Waals surface area contributed by atoms with Crippen molar-refractivity contribution in [2.75, 3.05) is 0 Å². The highest BCUT2D eigenvalue weighted by atomic mass is 32.1. The van der Waals surface area contributed by atoms with Crippen LogP contribution < -0.4 is 11.3 Å². The molecule has 0 spiro atoms. The van der Waals surface area contributed by atoms with Crippen molar-refractivity contribution in [3.05, 3.63) is 57.5 Å². The molecule has 1 unspecified atom stereocenters. The number of benzene rings is 1. The van der Waals surface area contributed by atoms with Crippen molar-refractivity contribution in [3.63, 3.8) is 0 Å². The van der Waals surface area contributed by atoms with Crippen molar-refractivity contribution < 1.29 is 4.39 Å². The molecule has 1 aromatic heterocycles. The average molecular weight is 236 g/mol. The number of hydrogen-bond donors (Lipinski definition) is 2. The summed E-state index contributed by atoms with van der Waals surface area (Å²) in [6.07, 6.45) is 0. The number of rotatable bonds is 3. The molecule has 0 bridgehead atoms. The van der Waals surface area contributed by atoms with E-state index < -0.39 is 0 Å². The van der Waals surface area contributed by atoms with E-state index in [-0.39, 0.29) is 11.9 Å². The van der Waals surface area contributed by atoms with Crippen molar-refractivity contribution in [3.8, 4) is 0 Å². The normalized spacial score (nSPS) is 12.7. The average Bonchev–Trinajstić information content (AvgIpc) is 2.78. The smallest absolute Gasteiger partial charge is 0.126 e. The second-order valence-electron chi connectivity index (χ2n) is 3.62. The van der Waals surface area contributed by atoms with Crippen LogP contribution in [0, 0.1) is 12.7 Å². The van der Waals surface area contributed by atoms with Crippen LogP contribution in [0.15, 0.2) is 35.7 Å². The molecule has 2 rings (SSSR count). The van der Waals surface area contributed by atoms with Gasteiger partial charge in [-0.2, -0.15) is 0 Å². The number of thiophene rings is 1. The Kier molecular flexibility index (Phi) is 3.33. The van der Waals surface area contributed by atoms with Gasteiger partial charge in [-0.3, -0.25) is 5.84 Å². The SMILES string of the molecule is Cc1cc(C(NN)c2cccs2)ccc1F. The lowest BCUT2D eigenvalue weighted by Crippen LogP contribution is -2.28. The fourth-order valence-electron chi connectivity index (χ4n) is 1.65. The second kappa shape index (κ2) is 4.74. The van der Waals surface area contributed by atoms with Crippen molar-refractivity contribution in [2.24, 2.45) is 5.84 Å². The number of halogens is 1. The van der Waals surface area contributed by atoms with Gasteiger partial charge >= 0.3 is 0 Å². The summed E-state index contributed by atoms with van der Waals surface area (Å²) in [6, 6.07) is 8.96. The molecule has 1 heterocycles. The molecule has 84 valence electrons. The zero-order valence-electron chi connectivity index (χ0n) is 8.91. The van der Waals surface area contributed by atoms with Gasteiger partial charge in [0.1, 0.15) is 5.82 Å². The first-order valence-corrected chi connectivity index (χ1v) is 5.86. The molecule has 2 nitrogen and oxygen atoms in total. The molecule has 0 aliphatic rings. The summed E-state index contributed by atoms with van der Waals surface area (Å²) in [5.74, 6) is 5.36. The van der Waals surface area contributed by atoms with E-state index >= 15 is 0 Å². The molecule has 1 atom stereocenters. The van der Waals surface area contributed by atoms with E-state index in [0.717, 1.165) is 10.4 Å². The Morgan fingerprint density at radius 3 is 2.75 bits per heavy atom. The molecule has 0 aliphatic carbocycles. The Labute approximate surface area is 97.9 Å². The molecular weight excluding hydrogens is 223 g/mol. The van der Waals surface area contributed by atoms with Crippen LogP contribution in [-0.2, 0) is 0 Å². The maximum atomic E-state index is 13.2. The molecule has 0 saturated heterocycles. The Morgan fingerprint density at radius 1 is 1.38 bits per heavy atom. The van der Waals surface area contributed by atoms with E-state index in [4.69, 9.17) is 5.84 Å². The summed E-state index contributed by atoms with van der Waals surface area (Å²) in [7, 11) is 0. The number of nitrogens with one attached hydrogen (secondary N) is 1. The van der Waals surface area contributed by atoms with Gasteiger partial charge in [0, 0.05) is 4.88 Å². The third-order valence-corrected chi connectivity index (χ3v) is 3.45. The van der Waals surface area contributed by atoms with Crippen molar-refractivity contribution in [2.45, 2.75) is 13.0 Å². The number of hydrazine groups is 1. The van der Waals surface area contributed by atoms with Gasteiger partial charge in [-0.1, -0.05) is 18.2 Å². The second-order valence-corrected chi connectivity index (χ2v) is 4.60. The van der Waals surface area contributed by atoms with Crippen LogP contribution in [0.5, 0.6) is 0 Å². The first kappa shape index (κ1) is 11.3. The first-order chi connectivity index (χ1) is 7.72. The highest BCUT2D eigenvalue weighted by molar-refractivity contribution is 7.10. The highest BCUT2D eigenvalue weighted by Crippen LogP contribution is 2.26. The third kappa shape index (κ3) is 2.14. The molecule has 0 fully saturated rings. The molecule has 4 heteroatoms. The van der Waals surface area contributed by atoms with E-state index in [0.29, 0.717) is 5.56 Å². The van der Waals surface area contributed by atoms with Gasteiger partial charge in [0.05, 0.1) is 6.04 Å². The zero-order chi connectivity index (χ0) is 11.5. The fourth-order valence-corrected chi connectivity index (χ4v) is 2.46. The van der Waals surface area contributed by atoms with Gasteiger partial charge in [0.2, 0.25) is 0 Å². The predicted octanol–water partition coefficient (Wildman–Crippen LogP) is 2.75. The van der Waals surface area contributed by atoms with Crippen LogP contribution in [0.1, 0.15) is 22.0 Å².